The van der Waals surface area contributed by atoms with E-state index < -0.39 is 10.9 Å². The van der Waals surface area contributed by atoms with Crippen molar-refractivity contribution in [3.63, 3.8) is 0 Å². The zero-order valence-electron chi connectivity index (χ0n) is 9.54. The summed E-state index contributed by atoms with van der Waals surface area (Å²) in [5, 5.41) is 19.6. The first-order valence-corrected chi connectivity index (χ1v) is 5.50. The fourth-order valence-corrected chi connectivity index (χ4v) is 1.69. The molecule has 0 aliphatic heterocycles. The fraction of sp³-hybridized carbons (Fsp3) is 0.273. The highest BCUT2D eigenvalue weighted by Gasteiger charge is 2.17. The van der Waals surface area contributed by atoms with Gasteiger partial charge in [0, 0.05) is 6.07 Å². The molecule has 18 heavy (non-hydrogen) atoms. The number of thiol groups is 1. The average Bonchev–Trinajstić information content (AvgIpc) is 2.29. The molecular formula is C11H10N2O4S. The largest absolute Gasteiger partial charge is 0.466 e. The maximum absolute atomic E-state index is 11.3. The molecule has 0 saturated carbocycles. The number of benzene rings is 1. The lowest BCUT2D eigenvalue weighted by atomic mass is 10.0. The van der Waals surface area contributed by atoms with Crippen LogP contribution in [0.15, 0.2) is 17.0 Å². The molecule has 1 aromatic carbocycles. The van der Waals surface area contributed by atoms with Gasteiger partial charge in [0.15, 0.2) is 0 Å². The highest BCUT2D eigenvalue weighted by atomic mass is 32.1. The van der Waals surface area contributed by atoms with E-state index in [-0.39, 0.29) is 29.2 Å². The summed E-state index contributed by atoms with van der Waals surface area (Å²) in [4.78, 5) is 21.5. The lowest BCUT2D eigenvalue weighted by molar-refractivity contribution is -0.387. The molecule has 0 N–H and O–H groups in total. The highest BCUT2D eigenvalue weighted by Crippen LogP contribution is 2.26. The van der Waals surface area contributed by atoms with Gasteiger partial charge >= 0.3 is 5.97 Å². The van der Waals surface area contributed by atoms with Crippen LogP contribution in [0.1, 0.15) is 18.1 Å². The average molecular weight is 266 g/mol. The van der Waals surface area contributed by atoms with Gasteiger partial charge in [-0.2, -0.15) is 5.26 Å². The van der Waals surface area contributed by atoms with Gasteiger partial charge in [0.1, 0.15) is 0 Å². The third kappa shape index (κ3) is 3.21. The summed E-state index contributed by atoms with van der Waals surface area (Å²) in [6, 6.07) is 4.27. The van der Waals surface area contributed by atoms with Gasteiger partial charge in [-0.05, 0) is 18.6 Å². The van der Waals surface area contributed by atoms with Crippen LogP contribution in [0.3, 0.4) is 0 Å². The Labute approximate surface area is 109 Å². The van der Waals surface area contributed by atoms with Crippen molar-refractivity contribution in [2.45, 2.75) is 18.2 Å². The number of hydrogen-bond donors (Lipinski definition) is 1. The van der Waals surface area contributed by atoms with Crippen molar-refractivity contribution in [1.82, 2.24) is 0 Å². The van der Waals surface area contributed by atoms with E-state index in [1.54, 1.807) is 6.92 Å². The van der Waals surface area contributed by atoms with E-state index in [2.05, 4.69) is 12.6 Å². The van der Waals surface area contributed by atoms with Gasteiger partial charge in [0.2, 0.25) is 0 Å². The van der Waals surface area contributed by atoms with Crippen molar-refractivity contribution in [2.24, 2.45) is 0 Å². The van der Waals surface area contributed by atoms with Crippen LogP contribution in [0.25, 0.3) is 0 Å². The van der Waals surface area contributed by atoms with Gasteiger partial charge in [-0.3, -0.25) is 14.9 Å². The van der Waals surface area contributed by atoms with E-state index >= 15 is 0 Å². The van der Waals surface area contributed by atoms with Gasteiger partial charge in [-0.15, -0.1) is 12.6 Å². The number of hydrogen-bond acceptors (Lipinski definition) is 6. The standard InChI is InChI=1S/C11H10N2O4S/c1-2-17-11(14)5-7-4-10(18)9(13(15)16)3-8(7)6-12/h3-4,18H,2,5H2,1H3. The van der Waals surface area contributed by atoms with Crippen LogP contribution in [0, 0.1) is 21.4 Å². The summed E-state index contributed by atoms with van der Waals surface area (Å²) >= 11 is 3.96. The van der Waals surface area contributed by atoms with E-state index in [0.717, 1.165) is 6.07 Å². The number of nitro groups is 1. The SMILES string of the molecule is CCOC(=O)Cc1cc(S)c([N+](=O)[O-])cc1C#N. The molecule has 0 bridgehead atoms. The Bertz CT molecular complexity index is 537. The summed E-state index contributed by atoms with van der Waals surface area (Å²) in [6.45, 7) is 1.91. The van der Waals surface area contributed by atoms with Crippen molar-refractivity contribution < 1.29 is 14.5 Å². The summed E-state index contributed by atoms with van der Waals surface area (Å²) in [5.74, 6) is -0.490. The van der Waals surface area contributed by atoms with E-state index in [0.29, 0.717) is 5.56 Å². The number of carbonyl (C=O) groups excluding carboxylic acids is 1. The summed E-state index contributed by atoms with van der Waals surface area (Å²) < 4.78 is 4.76. The van der Waals surface area contributed by atoms with E-state index in [9.17, 15) is 14.9 Å². The molecule has 0 heterocycles. The van der Waals surface area contributed by atoms with Gasteiger partial charge in [0.25, 0.3) is 5.69 Å². The molecule has 0 saturated heterocycles. The Morgan fingerprint density at radius 3 is 2.78 bits per heavy atom. The summed E-state index contributed by atoms with van der Waals surface area (Å²) in [5.41, 5.74) is 0.182. The van der Waals surface area contributed by atoms with Crippen LogP contribution in [0.2, 0.25) is 0 Å². The Morgan fingerprint density at radius 1 is 1.61 bits per heavy atom. The zero-order chi connectivity index (χ0) is 13.7. The predicted molar refractivity (Wildman–Crippen MR) is 65.4 cm³/mol. The van der Waals surface area contributed by atoms with Crippen molar-refractivity contribution >= 4 is 24.3 Å². The Balaban J connectivity index is 3.14. The molecule has 0 fully saturated rings. The van der Waals surface area contributed by atoms with Crippen LogP contribution in [-0.2, 0) is 16.0 Å². The Morgan fingerprint density at radius 2 is 2.28 bits per heavy atom. The first-order chi connectivity index (χ1) is 8.49. The quantitative estimate of drug-likeness (QED) is 0.388. The minimum Gasteiger partial charge on any atom is -0.466 e. The third-order valence-electron chi connectivity index (χ3n) is 2.16. The number of nitrogens with zero attached hydrogens (tertiary/aromatic N) is 2. The van der Waals surface area contributed by atoms with Gasteiger partial charge in [-0.25, -0.2) is 0 Å². The lowest BCUT2D eigenvalue weighted by Crippen LogP contribution is -2.09. The highest BCUT2D eigenvalue weighted by molar-refractivity contribution is 7.80. The van der Waals surface area contributed by atoms with Gasteiger partial charge in [-0.1, -0.05) is 0 Å². The number of rotatable bonds is 4. The summed E-state index contributed by atoms with van der Waals surface area (Å²) in [7, 11) is 0. The van der Waals surface area contributed by atoms with Crippen LogP contribution < -0.4 is 0 Å². The van der Waals surface area contributed by atoms with Crippen molar-refractivity contribution in [1.29, 1.82) is 5.26 Å². The zero-order valence-corrected chi connectivity index (χ0v) is 10.4. The molecule has 0 spiro atoms. The molecule has 0 amide bonds. The minimum atomic E-state index is -0.628. The number of esters is 1. The maximum Gasteiger partial charge on any atom is 0.310 e. The van der Waals surface area contributed by atoms with Crippen molar-refractivity contribution in [3.05, 3.63) is 33.4 Å². The molecule has 1 aromatic rings. The van der Waals surface area contributed by atoms with Crippen LogP contribution in [0.5, 0.6) is 0 Å². The smallest absolute Gasteiger partial charge is 0.310 e. The van der Waals surface area contributed by atoms with Crippen molar-refractivity contribution in [3.8, 4) is 6.07 Å². The first kappa shape index (κ1) is 14.0. The van der Waals surface area contributed by atoms with Crippen molar-refractivity contribution in [2.75, 3.05) is 6.61 Å². The number of carbonyl (C=O) groups is 1. The molecular weight excluding hydrogens is 256 g/mol. The number of ether oxygens (including phenoxy) is 1. The second kappa shape index (κ2) is 6.02. The molecule has 7 heteroatoms. The van der Waals surface area contributed by atoms with E-state index in [4.69, 9.17) is 10.00 Å². The Hall–Kier alpha value is -2.07. The minimum absolute atomic E-state index is 0.0764. The van der Waals surface area contributed by atoms with Gasteiger partial charge < -0.3 is 4.74 Å². The van der Waals surface area contributed by atoms with Gasteiger partial charge in [0.05, 0.1) is 34.5 Å². The molecule has 94 valence electrons. The monoisotopic (exact) mass is 266 g/mol. The molecule has 0 aliphatic rings. The Kier molecular flexibility index (Phi) is 4.68. The van der Waals surface area contributed by atoms with E-state index in [1.165, 1.54) is 6.07 Å². The lowest BCUT2D eigenvalue weighted by Gasteiger charge is -2.05. The van der Waals surface area contributed by atoms with E-state index in [1.807, 2.05) is 6.07 Å². The molecule has 0 unspecified atom stereocenters. The molecule has 6 nitrogen and oxygen atoms in total. The topological polar surface area (TPSA) is 93.2 Å². The fourth-order valence-electron chi connectivity index (χ4n) is 1.38. The normalized spacial score (nSPS) is 9.61. The molecule has 0 aromatic heterocycles. The van der Waals surface area contributed by atoms with Crippen LogP contribution in [0.4, 0.5) is 5.69 Å². The molecule has 0 aliphatic carbocycles. The molecule has 0 atom stereocenters. The second-order valence-corrected chi connectivity index (χ2v) is 3.83. The number of nitro benzene ring substituents is 1. The van der Waals surface area contributed by atoms with Crippen LogP contribution in [-0.4, -0.2) is 17.5 Å². The molecule has 1 rings (SSSR count). The first-order valence-electron chi connectivity index (χ1n) is 5.05. The third-order valence-corrected chi connectivity index (χ3v) is 2.52. The number of nitriles is 1. The van der Waals surface area contributed by atoms with Crippen LogP contribution >= 0.6 is 12.6 Å². The summed E-state index contributed by atoms with van der Waals surface area (Å²) in [6.07, 6.45) is -0.109. The predicted octanol–water partition coefficient (Wildman–Crippen LogP) is 1.86. The second-order valence-electron chi connectivity index (χ2n) is 3.35. The molecule has 0 radical (unpaired) electrons. The maximum atomic E-state index is 11.3.